The van der Waals surface area contributed by atoms with Crippen LogP contribution >= 0.6 is 0 Å². The van der Waals surface area contributed by atoms with Crippen molar-refractivity contribution in [2.24, 2.45) is 0 Å². The Labute approximate surface area is 67.6 Å². The molecule has 0 amide bonds. The molecular weight excluding hydrogens is 164 g/mol. The highest BCUT2D eigenvalue weighted by atomic mass is 32.2. The predicted octanol–water partition coefficient (Wildman–Crippen LogP) is -0.413. The second kappa shape index (κ2) is 3.08. The Morgan fingerprint density at radius 2 is 2.09 bits per heavy atom. The summed E-state index contributed by atoms with van der Waals surface area (Å²) in [4.78, 5) is 0. The number of sulfonamides is 1. The van der Waals surface area contributed by atoms with Gasteiger partial charge in [-0.1, -0.05) is 0 Å². The van der Waals surface area contributed by atoms with Crippen LogP contribution in [0.15, 0.2) is 0 Å². The highest BCUT2D eigenvalue weighted by molar-refractivity contribution is 7.89. The van der Waals surface area contributed by atoms with E-state index >= 15 is 0 Å². The van der Waals surface area contributed by atoms with Crippen molar-refractivity contribution in [2.45, 2.75) is 19.9 Å². The molecule has 0 atom stereocenters. The SMILES string of the molecule is CC(C)N1CCNCS1(=O)=O. The Morgan fingerprint density at radius 1 is 1.45 bits per heavy atom. The van der Waals surface area contributed by atoms with Crippen molar-refractivity contribution in [1.29, 1.82) is 0 Å². The lowest BCUT2D eigenvalue weighted by molar-refractivity contribution is 0.334. The molecular formula is C6H14N2O2S. The topological polar surface area (TPSA) is 49.4 Å². The summed E-state index contributed by atoms with van der Waals surface area (Å²) in [6.07, 6.45) is 0. The minimum absolute atomic E-state index is 0.0853. The van der Waals surface area contributed by atoms with E-state index in [1.54, 1.807) is 0 Å². The summed E-state index contributed by atoms with van der Waals surface area (Å²) in [5.41, 5.74) is 0. The molecule has 11 heavy (non-hydrogen) atoms. The molecule has 1 rings (SSSR count). The third-order valence-corrected chi connectivity index (χ3v) is 3.61. The number of rotatable bonds is 1. The first-order valence-electron chi connectivity index (χ1n) is 3.74. The molecule has 0 spiro atoms. The molecule has 4 nitrogen and oxygen atoms in total. The van der Waals surface area contributed by atoms with Crippen LogP contribution in [0, 0.1) is 0 Å². The summed E-state index contributed by atoms with van der Waals surface area (Å²) in [7, 11) is -3.00. The van der Waals surface area contributed by atoms with Gasteiger partial charge in [0.05, 0.1) is 0 Å². The Balaban J connectivity index is 2.76. The number of hydrogen-bond donors (Lipinski definition) is 1. The van der Waals surface area contributed by atoms with Gasteiger partial charge in [-0.2, -0.15) is 4.31 Å². The highest BCUT2D eigenvalue weighted by Gasteiger charge is 2.27. The van der Waals surface area contributed by atoms with Crippen LogP contribution in [0.3, 0.4) is 0 Å². The molecule has 0 aliphatic carbocycles. The zero-order valence-corrected chi connectivity index (χ0v) is 7.69. The molecule has 0 unspecified atom stereocenters. The Hall–Kier alpha value is -0.130. The molecule has 1 aliphatic heterocycles. The van der Waals surface area contributed by atoms with E-state index in [2.05, 4.69) is 5.32 Å². The standard InChI is InChI=1S/C6H14N2O2S/c1-6(2)8-4-3-7-5-11(8,9)10/h6-7H,3-5H2,1-2H3. The molecule has 1 aliphatic rings. The Kier molecular flexibility index (Phi) is 2.51. The van der Waals surface area contributed by atoms with Crippen LogP contribution in [0.5, 0.6) is 0 Å². The zero-order valence-electron chi connectivity index (χ0n) is 6.87. The summed E-state index contributed by atoms with van der Waals surface area (Å²) in [5.74, 6) is 0.0885. The van der Waals surface area contributed by atoms with Gasteiger partial charge in [-0.05, 0) is 13.8 Å². The summed E-state index contributed by atoms with van der Waals surface area (Å²) in [6, 6.07) is 0.0853. The molecule has 5 heteroatoms. The maximum Gasteiger partial charge on any atom is 0.227 e. The van der Waals surface area contributed by atoms with Gasteiger partial charge in [-0.3, -0.25) is 0 Å². The number of nitrogens with one attached hydrogen (secondary N) is 1. The van der Waals surface area contributed by atoms with E-state index in [9.17, 15) is 8.42 Å². The van der Waals surface area contributed by atoms with Crippen LogP contribution in [0.2, 0.25) is 0 Å². The van der Waals surface area contributed by atoms with Crippen molar-refractivity contribution in [3.63, 3.8) is 0 Å². The first kappa shape index (κ1) is 8.96. The van der Waals surface area contributed by atoms with Crippen LogP contribution < -0.4 is 5.32 Å². The molecule has 0 saturated carbocycles. The van der Waals surface area contributed by atoms with E-state index in [0.717, 1.165) is 6.54 Å². The van der Waals surface area contributed by atoms with Crippen LogP contribution in [0.4, 0.5) is 0 Å². The van der Waals surface area contributed by atoms with Crippen LogP contribution in [-0.4, -0.2) is 37.7 Å². The molecule has 1 N–H and O–H groups in total. The van der Waals surface area contributed by atoms with E-state index < -0.39 is 10.0 Å². The Bertz CT molecular complexity index is 223. The van der Waals surface area contributed by atoms with Gasteiger partial charge < -0.3 is 5.32 Å². The maximum absolute atomic E-state index is 11.3. The molecule has 0 aromatic carbocycles. The summed E-state index contributed by atoms with van der Waals surface area (Å²) >= 11 is 0. The largest absolute Gasteiger partial charge is 0.301 e. The van der Waals surface area contributed by atoms with Gasteiger partial charge in [0.25, 0.3) is 0 Å². The number of hydrogen-bond acceptors (Lipinski definition) is 3. The Morgan fingerprint density at radius 3 is 2.45 bits per heavy atom. The molecule has 66 valence electrons. The molecule has 1 saturated heterocycles. The van der Waals surface area contributed by atoms with Crippen molar-refractivity contribution in [2.75, 3.05) is 19.0 Å². The van der Waals surface area contributed by atoms with Crippen LogP contribution in [0.1, 0.15) is 13.8 Å². The molecule has 1 fully saturated rings. The van der Waals surface area contributed by atoms with E-state index in [1.807, 2.05) is 13.8 Å². The van der Waals surface area contributed by atoms with E-state index in [0.29, 0.717) is 6.54 Å². The molecule has 0 aromatic heterocycles. The molecule has 0 aromatic rings. The van der Waals surface area contributed by atoms with Crippen molar-refractivity contribution >= 4 is 10.0 Å². The fraction of sp³-hybridized carbons (Fsp3) is 1.00. The van der Waals surface area contributed by atoms with Crippen molar-refractivity contribution < 1.29 is 8.42 Å². The minimum Gasteiger partial charge on any atom is -0.301 e. The fourth-order valence-corrected chi connectivity index (χ4v) is 2.77. The predicted molar refractivity (Wildman–Crippen MR) is 43.6 cm³/mol. The molecule has 1 heterocycles. The fourth-order valence-electron chi connectivity index (χ4n) is 1.19. The second-order valence-corrected chi connectivity index (χ2v) is 4.88. The highest BCUT2D eigenvalue weighted by Crippen LogP contribution is 2.08. The van der Waals surface area contributed by atoms with E-state index in [-0.39, 0.29) is 11.9 Å². The third-order valence-electron chi connectivity index (χ3n) is 1.73. The smallest absolute Gasteiger partial charge is 0.227 e. The van der Waals surface area contributed by atoms with Gasteiger partial charge in [0.2, 0.25) is 10.0 Å². The number of nitrogens with zero attached hydrogens (tertiary/aromatic N) is 1. The van der Waals surface area contributed by atoms with E-state index in [1.165, 1.54) is 4.31 Å². The van der Waals surface area contributed by atoms with Crippen LogP contribution in [0.25, 0.3) is 0 Å². The van der Waals surface area contributed by atoms with Crippen molar-refractivity contribution in [3.05, 3.63) is 0 Å². The maximum atomic E-state index is 11.3. The second-order valence-electron chi connectivity index (χ2n) is 2.96. The van der Waals surface area contributed by atoms with Gasteiger partial charge in [0.1, 0.15) is 5.88 Å². The summed E-state index contributed by atoms with van der Waals surface area (Å²) in [5, 5.41) is 2.83. The quantitative estimate of drug-likeness (QED) is 0.593. The minimum atomic E-state index is -3.00. The van der Waals surface area contributed by atoms with Gasteiger partial charge >= 0.3 is 0 Å². The lowest BCUT2D eigenvalue weighted by Crippen LogP contribution is -2.50. The normalized spacial score (nSPS) is 25.7. The zero-order chi connectivity index (χ0) is 8.48. The monoisotopic (exact) mass is 178 g/mol. The van der Waals surface area contributed by atoms with Gasteiger partial charge in [0, 0.05) is 19.1 Å². The van der Waals surface area contributed by atoms with Gasteiger partial charge in [0.15, 0.2) is 0 Å². The van der Waals surface area contributed by atoms with Gasteiger partial charge in [-0.25, -0.2) is 8.42 Å². The van der Waals surface area contributed by atoms with Crippen LogP contribution in [-0.2, 0) is 10.0 Å². The van der Waals surface area contributed by atoms with Crippen molar-refractivity contribution in [3.8, 4) is 0 Å². The van der Waals surface area contributed by atoms with Gasteiger partial charge in [-0.15, -0.1) is 0 Å². The third kappa shape index (κ3) is 1.91. The lowest BCUT2D eigenvalue weighted by Gasteiger charge is -2.29. The molecule has 0 radical (unpaired) electrons. The van der Waals surface area contributed by atoms with Crippen molar-refractivity contribution in [1.82, 2.24) is 9.62 Å². The first-order valence-corrected chi connectivity index (χ1v) is 5.35. The summed E-state index contributed by atoms with van der Waals surface area (Å²) < 4.78 is 24.1. The average Bonchev–Trinajstić information content (AvgIpc) is 1.85. The van der Waals surface area contributed by atoms with E-state index in [4.69, 9.17) is 0 Å². The average molecular weight is 178 g/mol. The molecule has 0 bridgehead atoms. The first-order chi connectivity index (χ1) is 5.04. The summed E-state index contributed by atoms with van der Waals surface area (Å²) in [6.45, 7) is 5.14. The lowest BCUT2D eigenvalue weighted by atomic mass is 10.4.